The summed E-state index contributed by atoms with van der Waals surface area (Å²) in [5.41, 5.74) is 0. The number of carbonyl (C=O) groups excluding carboxylic acids is 3. The van der Waals surface area contributed by atoms with Crippen LogP contribution in [0.25, 0.3) is 0 Å². The van der Waals surface area contributed by atoms with E-state index in [0.717, 1.165) is 37.3 Å². The number of alkyl halides is 1. The fourth-order valence-electron chi connectivity index (χ4n) is 5.40. The number of ether oxygens (including phenoxy) is 6. The smallest absolute Gasteiger partial charge is 0.519 e. The highest BCUT2D eigenvalue weighted by atomic mass is 127. The van der Waals surface area contributed by atoms with E-state index >= 15 is 0 Å². The summed E-state index contributed by atoms with van der Waals surface area (Å²) < 4.78 is 48.0. The van der Waals surface area contributed by atoms with Crippen LogP contribution in [0.4, 0.5) is 4.79 Å². The molecule has 0 bridgehead atoms. The lowest BCUT2D eigenvalue weighted by Gasteiger charge is -2.55. The molecule has 0 fully saturated rings. The molecule has 14 nitrogen and oxygen atoms in total. The number of aliphatic hydroxyl groups is 2. The Hall–Kier alpha value is 14.7. The van der Waals surface area contributed by atoms with E-state index in [1.807, 2.05) is 103 Å². The molecule has 21 unspecified atom stereocenters. The standard InChI is InChI=1S/C13H10O3.C9H20NO3.C8H17NO3.C5H13NO2.4C2H6.CH3I.CH5P.CH4.BH2.HI.H40P38/c14-13(15-11-7-3-1-4-8-11)16-12-9-5-2-6-10-12;1-9(11)13-8-6-10(2,3)5-7-12-4;1-8(10)12-7-5-9(2)4-6-11-3;1-6(2-4-7)3-5-8;6*1-2;;;;1-21(2)31(22(3)4)36(32(23(5)6)24(7)8)38(35(29(17)18)30(19)20)37(33(25(9)10)26(11)12)34(27(13)14)28(15)16/h1-10H;5-8H2,1-4H3;4-7H2,1-3H3;7-8H,2-5H2,1H3;4*1-2H3;1H3;2H2,1H3;1H4;1H2;1H;1-20H2/q;+1;;;;;;;;;;;;/p-1/i;;;;;;;;;2D;;1TD;;. The molecule has 0 heterocycles. The predicted molar refractivity (Wildman–Crippen MR) is 603 cm³/mol. The molecule has 0 spiro atoms. The van der Waals surface area contributed by atoms with E-state index in [4.69, 9.17) is 42.6 Å². The van der Waals surface area contributed by atoms with Crippen molar-refractivity contribution in [3.63, 3.8) is 0 Å². The van der Waals surface area contributed by atoms with Crippen LogP contribution in [0, 0.1) is 0 Å². The van der Waals surface area contributed by atoms with E-state index in [1.165, 1.54) is 13.8 Å². The van der Waals surface area contributed by atoms with Gasteiger partial charge in [0.25, 0.3) is 0 Å². The highest BCUT2D eigenvalue weighted by Crippen LogP contribution is 3.42. The van der Waals surface area contributed by atoms with Crippen LogP contribution in [0.5, 0.6) is 11.5 Å². The topological polar surface area (TPSA) is 154 Å². The van der Waals surface area contributed by atoms with Crippen LogP contribution >= 0.6 is 336 Å². The minimum absolute atomic E-state index is 0. The first-order valence-corrected chi connectivity index (χ1v) is 101. The summed E-state index contributed by atoms with van der Waals surface area (Å²) in [6.45, 7) is 26.5. The molecular formula is C46H138BI2N3O11P39. The van der Waals surface area contributed by atoms with Gasteiger partial charge in [-0.2, -0.15) is 0 Å². The average Bonchev–Trinajstić information content (AvgIpc) is 0.751. The van der Waals surface area contributed by atoms with Crippen LogP contribution in [0.15, 0.2) is 60.7 Å². The molecule has 1 radical (unpaired) electrons. The highest BCUT2D eigenvalue weighted by Gasteiger charge is 2.54. The van der Waals surface area contributed by atoms with Gasteiger partial charge in [-0.05, 0) is 172 Å². The van der Waals surface area contributed by atoms with Gasteiger partial charge in [0.15, 0.2) is 0 Å². The largest absolute Gasteiger partial charge is 1.00 e. The number of hydrogen-bond donors (Lipinski definition) is 2. The zero-order chi connectivity index (χ0) is 83.1. The molecule has 0 saturated heterocycles. The minimum Gasteiger partial charge on any atom is -1.00 e. The Morgan fingerprint density at radius 2 is 0.696 bits per heavy atom. The first-order valence-electron chi connectivity index (χ1n) is 31.0. The molecule has 2 rings (SSSR count). The van der Waals surface area contributed by atoms with Crippen LogP contribution in [0.3, 0.4) is 0 Å². The molecule has 56 heteroatoms. The van der Waals surface area contributed by atoms with E-state index < -0.39 is 6.16 Å². The maximum absolute atomic E-state index is 11.3. The van der Waals surface area contributed by atoms with Crippen molar-refractivity contribution in [2.24, 2.45) is 0 Å². The van der Waals surface area contributed by atoms with E-state index in [0.29, 0.717) is 61.9 Å². The van der Waals surface area contributed by atoms with Gasteiger partial charge in [-0.25, -0.2) is 4.79 Å². The molecule has 2 N–H and O–H groups in total. The van der Waals surface area contributed by atoms with Gasteiger partial charge >= 0.3 is 18.1 Å². The monoisotopic (exact) mass is 2390 g/mol. The summed E-state index contributed by atoms with van der Waals surface area (Å²) in [5.74, 6) is 0.480. The molecule has 2 aromatic carbocycles. The second kappa shape index (κ2) is 99.4. The number of halogens is 2. The van der Waals surface area contributed by atoms with Gasteiger partial charge in [-0.1, -0.05) is 128 Å². The number of esters is 2. The third-order valence-electron chi connectivity index (χ3n) is 9.40. The Morgan fingerprint density at radius 1 is 0.480 bits per heavy atom. The quantitative estimate of drug-likeness (QED) is 0.0128. The second-order valence-electron chi connectivity index (χ2n) is 17.1. The fourth-order valence-corrected chi connectivity index (χ4v) is 529. The Labute approximate surface area is 731 Å². The number of benzene rings is 2. The Morgan fingerprint density at radius 3 is 0.922 bits per heavy atom. The summed E-state index contributed by atoms with van der Waals surface area (Å²) in [4.78, 5) is 38.1. The third-order valence-corrected chi connectivity index (χ3v) is 264. The lowest BCUT2D eigenvalue weighted by Crippen LogP contribution is -3.00. The number of hydrogen-bond acceptors (Lipinski definition) is 13. The van der Waals surface area contributed by atoms with E-state index in [9.17, 15) is 14.4 Å². The predicted octanol–water partition coefficient (Wildman–Crippen LogP) is 27.0. The number of quaternary nitrogens is 1. The van der Waals surface area contributed by atoms with Crippen molar-refractivity contribution in [2.75, 3.05) is 133 Å². The molecule has 0 aromatic heterocycles. The van der Waals surface area contributed by atoms with Crippen LogP contribution in [-0.2, 0) is 28.5 Å². The first-order chi connectivity index (χ1) is 48.3. The summed E-state index contributed by atoms with van der Waals surface area (Å²) >= 11 is 2.15. The van der Waals surface area contributed by atoms with Crippen LogP contribution in [-0.4, -0.2) is 188 Å². The van der Waals surface area contributed by atoms with Crippen molar-refractivity contribution in [3.05, 3.63) is 60.7 Å². The number of methoxy groups -OCH3 is 2. The Bertz CT molecular complexity index is 1950. The second-order valence-corrected chi connectivity index (χ2v) is 172. The Kier molecular flexibility index (Phi) is 131. The maximum atomic E-state index is 11.3. The van der Waals surface area contributed by atoms with Crippen LogP contribution in [0.1, 0.15) is 76.7 Å². The first kappa shape index (κ1) is 135. The lowest BCUT2D eigenvalue weighted by atomic mass is 10.3. The maximum Gasteiger partial charge on any atom is 0.519 e. The fraction of sp³-hybridized carbons (Fsp3) is 0.674. The molecule has 615 valence electrons. The normalized spacial score (nSPS) is 11.1. The van der Waals surface area contributed by atoms with E-state index in [2.05, 4.69) is 215 Å². The molecule has 21 atom stereocenters. The third kappa shape index (κ3) is 81.7. The van der Waals surface area contributed by atoms with Gasteiger partial charge in [-0.15, -0.1) is 188 Å². The number of likely N-dealkylation sites (N-methyl/N-ethyl adjacent to an activating group) is 3. The van der Waals surface area contributed by atoms with Crippen molar-refractivity contribution < 1.29 is 81.5 Å². The molecular weight excluding hydrogens is 2240 g/mol. The summed E-state index contributed by atoms with van der Waals surface area (Å²) in [7, 11) is 79.6. The highest BCUT2D eigenvalue weighted by molar-refractivity contribution is 14.1. The minimum atomic E-state index is -0.739. The van der Waals surface area contributed by atoms with E-state index in [-0.39, 0.29) is 182 Å². The zero-order valence-corrected chi connectivity index (χ0v) is 107. The van der Waals surface area contributed by atoms with Crippen molar-refractivity contribution in [1.82, 2.24) is 9.80 Å². The molecule has 0 aliphatic carbocycles. The van der Waals surface area contributed by atoms with Crippen molar-refractivity contribution in [3.8, 4) is 11.5 Å². The number of carbonyl (C=O) groups is 3. The van der Waals surface area contributed by atoms with Crippen molar-refractivity contribution in [2.45, 2.75) is 76.7 Å². The number of nitrogens with zero attached hydrogens (tertiary/aromatic N) is 3. The van der Waals surface area contributed by atoms with Crippen molar-refractivity contribution >= 4 is 363 Å². The van der Waals surface area contributed by atoms with Gasteiger partial charge in [0.2, 0.25) is 0 Å². The van der Waals surface area contributed by atoms with Crippen LogP contribution in [0.2, 0.25) is 0 Å². The SMILES string of the molecule is C.CC.CC.CC.CC.CI.CN(CCO)CCO.COCCN(C)CCOC(C)=O.COCC[N+](C)(C)CCOC(C)=O.O=C(Oc1ccccc1)Oc1ccccc1.PP(P)P(P(P)P)P(P(P(P)P)P(P)P)P(P(P(P)P)P(P)P)P(P(P(P)P)P(P)P)P(P(P)P)P(P)P.[2H]PC.[2H][B][3H].[I-]. The van der Waals surface area contributed by atoms with E-state index in [1.54, 1.807) is 62.8 Å². The number of rotatable bonds is 35. The van der Waals surface area contributed by atoms with Gasteiger partial charge in [-0.3, -0.25) is 9.59 Å². The summed E-state index contributed by atoms with van der Waals surface area (Å²) in [6.07, 6.45) is -0.739. The Balaban J connectivity index is -0.000000107. The van der Waals surface area contributed by atoms with Crippen LogP contribution < -0.4 is 33.5 Å². The van der Waals surface area contributed by atoms with Gasteiger partial charge in [0.1, 0.15) is 37.8 Å². The number of para-hydroxylation sites is 2. The van der Waals surface area contributed by atoms with Gasteiger partial charge in [0, 0.05) is 54.2 Å². The molecule has 102 heavy (non-hydrogen) atoms. The average molecular weight is 2390 g/mol. The number of aliphatic hydroxyl groups excluding tert-OH is 2. The summed E-state index contributed by atoms with van der Waals surface area (Å²) in [5, 5.41) is 16.7. The zero-order valence-electron chi connectivity index (χ0n) is 65.1. The molecule has 2 aromatic rings. The molecule has 0 amide bonds. The lowest BCUT2D eigenvalue weighted by molar-refractivity contribution is -0.890. The molecule has 0 saturated carbocycles. The van der Waals surface area contributed by atoms with Crippen molar-refractivity contribution in [1.29, 1.82) is 3.95 Å². The molecule has 0 aliphatic rings. The van der Waals surface area contributed by atoms with Gasteiger partial charge < -0.3 is 76.9 Å². The molecule has 0 aliphatic heterocycles. The van der Waals surface area contributed by atoms with Gasteiger partial charge in [0.05, 0.1) is 50.1 Å². The summed E-state index contributed by atoms with van der Waals surface area (Å²) in [6, 6.07) is 17.6.